The number of nitrogens with one attached hydrogen (secondary N) is 1. The number of nitrogens with zero attached hydrogens (tertiary/aromatic N) is 2. The van der Waals surface area contributed by atoms with Gasteiger partial charge in [-0.1, -0.05) is 30.3 Å². The minimum Gasteiger partial charge on any atom is -0.375 e. The molecule has 1 aromatic heterocycles. The Balaban J connectivity index is 2.05. The van der Waals surface area contributed by atoms with Crippen LogP contribution in [0.4, 0.5) is 4.79 Å². The first-order valence-electron chi connectivity index (χ1n) is 6.38. The lowest BCUT2D eigenvalue weighted by Gasteiger charge is -2.07. The lowest BCUT2D eigenvalue weighted by molar-refractivity contribution is 0.199. The third-order valence-electron chi connectivity index (χ3n) is 2.82. The van der Waals surface area contributed by atoms with Crippen LogP contribution < -0.4 is 10.1 Å². The number of carbonyl (C=O) groups is 1. The molecule has 0 aliphatic rings. The molecule has 6 heteroatoms. The lowest BCUT2D eigenvalue weighted by atomic mass is 10.3. The summed E-state index contributed by atoms with van der Waals surface area (Å²) in [5.41, 5.74) is 1.67. The van der Waals surface area contributed by atoms with Crippen LogP contribution in [0.2, 0.25) is 0 Å². The number of ether oxygens (including phenoxy) is 1. The maximum absolute atomic E-state index is 11.5. The Morgan fingerprint density at radius 2 is 1.86 bits per heavy atom. The second-order valence-corrected chi connectivity index (χ2v) is 5.24. The maximum Gasteiger partial charge on any atom is 0.414 e. The molecule has 0 saturated carbocycles. The zero-order valence-corrected chi connectivity index (χ0v) is 12.1. The Morgan fingerprint density at radius 1 is 1.14 bits per heavy atom. The van der Waals surface area contributed by atoms with Crippen molar-refractivity contribution in [1.82, 2.24) is 14.3 Å². The van der Waals surface area contributed by atoms with Gasteiger partial charge in [0, 0.05) is 11.9 Å². The van der Waals surface area contributed by atoms with Gasteiger partial charge in [-0.15, -0.1) is 0 Å². The molecule has 3 rings (SSSR count). The fourth-order valence-electron chi connectivity index (χ4n) is 1.86. The molecule has 0 unspecified atom stereocenters. The van der Waals surface area contributed by atoms with Gasteiger partial charge in [0.2, 0.25) is 0 Å². The first kappa shape index (κ1) is 13.5. The molecule has 5 nitrogen and oxygen atoms in total. The number of hydrogen-bond acceptors (Lipinski definition) is 4. The van der Waals surface area contributed by atoms with E-state index in [4.69, 9.17) is 4.74 Å². The Hall–Kier alpha value is -2.47. The minimum absolute atomic E-state index is 0.254. The van der Waals surface area contributed by atoms with Crippen LogP contribution in [0, 0.1) is 0 Å². The molecule has 0 fully saturated rings. The third kappa shape index (κ3) is 2.85. The van der Waals surface area contributed by atoms with Crippen molar-refractivity contribution in [3.05, 3.63) is 54.6 Å². The van der Waals surface area contributed by atoms with Gasteiger partial charge in [-0.25, -0.2) is 8.77 Å². The van der Waals surface area contributed by atoms with Crippen molar-refractivity contribution in [3.8, 4) is 6.01 Å². The topological polar surface area (TPSA) is 56.1 Å². The molecule has 0 saturated heterocycles. The first-order valence-corrected chi connectivity index (χ1v) is 7.15. The molecular weight excluding hydrogens is 286 g/mol. The molecule has 0 aliphatic carbocycles. The molecule has 1 N–H and O–H groups in total. The van der Waals surface area contributed by atoms with Gasteiger partial charge in [0.1, 0.15) is 0 Å². The molecule has 0 radical (unpaired) electrons. The van der Waals surface area contributed by atoms with Gasteiger partial charge in [-0.2, -0.15) is 4.98 Å². The smallest absolute Gasteiger partial charge is 0.375 e. The van der Waals surface area contributed by atoms with Crippen molar-refractivity contribution in [2.24, 2.45) is 0 Å². The molecule has 2 aromatic carbocycles. The van der Waals surface area contributed by atoms with Crippen LogP contribution >= 0.6 is 11.9 Å². The van der Waals surface area contributed by atoms with E-state index < -0.39 is 6.09 Å². The van der Waals surface area contributed by atoms with E-state index in [0.717, 1.165) is 15.9 Å². The van der Waals surface area contributed by atoms with Crippen LogP contribution in [-0.4, -0.2) is 22.1 Å². The van der Waals surface area contributed by atoms with E-state index in [1.54, 1.807) is 3.97 Å². The standard InChI is InChI=1S/C15H13N3O2S/c1-16-15(19)20-14-17-12-9-5-6-10-13(12)18(14)21-11-7-3-2-4-8-11/h2-10H,1H3,(H,16,19). The highest BCUT2D eigenvalue weighted by Crippen LogP contribution is 2.31. The van der Waals surface area contributed by atoms with Crippen molar-refractivity contribution >= 4 is 29.1 Å². The number of fused-ring (bicyclic) bond motifs is 1. The second kappa shape index (κ2) is 5.88. The fraction of sp³-hybridized carbons (Fsp3) is 0.0667. The highest BCUT2D eigenvalue weighted by Gasteiger charge is 2.15. The summed E-state index contributed by atoms with van der Waals surface area (Å²) < 4.78 is 7.04. The largest absolute Gasteiger partial charge is 0.414 e. The molecule has 0 atom stereocenters. The van der Waals surface area contributed by atoms with Crippen molar-refractivity contribution in [1.29, 1.82) is 0 Å². The van der Waals surface area contributed by atoms with E-state index >= 15 is 0 Å². The molecule has 0 bridgehead atoms. The van der Waals surface area contributed by atoms with E-state index in [1.165, 1.54) is 19.0 Å². The van der Waals surface area contributed by atoms with Crippen molar-refractivity contribution in [3.63, 3.8) is 0 Å². The summed E-state index contributed by atoms with van der Waals surface area (Å²) in [6.45, 7) is 0. The van der Waals surface area contributed by atoms with Crippen molar-refractivity contribution in [2.75, 3.05) is 7.05 Å². The Morgan fingerprint density at radius 3 is 2.62 bits per heavy atom. The van der Waals surface area contributed by atoms with Crippen LogP contribution in [0.25, 0.3) is 11.0 Å². The van der Waals surface area contributed by atoms with Gasteiger partial charge < -0.3 is 10.1 Å². The van der Waals surface area contributed by atoms with Crippen LogP contribution in [-0.2, 0) is 0 Å². The summed E-state index contributed by atoms with van der Waals surface area (Å²) in [5.74, 6) is 0. The summed E-state index contributed by atoms with van der Waals surface area (Å²) in [6.07, 6.45) is -0.541. The average molecular weight is 299 g/mol. The normalized spacial score (nSPS) is 10.5. The summed E-state index contributed by atoms with van der Waals surface area (Å²) in [5, 5.41) is 2.43. The molecular formula is C15H13N3O2S. The monoisotopic (exact) mass is 299 g/mol. The van der Waals surface area contributed by atoms with Crippen LogP contribution in [0.3, 0.4) is 0 Å². The lowest BCUT2D eigenvalue weighted by Crippen LogP contribution is -2.23. The van der Waals surface area contributed by atoms with Gasteiger partial charge >= 0.3 is 12.1 Å². The van der Waals surface area contributed by atoms with Gasteiger partial charge in [0.15, 0.2) is 0 Å². The number of para-hydroxylation sites is 2. The summed E-state index contributed by atoms with van der Waals surface area (Å²) in [4.78, 5) is 16.9. The number of benzene rings is 2. The summed E-state index contributed by atoms with van der Waals surface area (Å²) >= 11 is 1.45. The highest BCUT2D eigenvalue weighted by atomic mass is 32.2. The van der Waals surface area contributed by atoms with E-state index in [2.05, 4.69) is 10.3 Å². The van der Waals surface area contributed by atoms with Crippen molar-refractivity contribution in [2.45, 2.75) is 4.90 Å². The number of aromatic nitrogens is 2. The molecule has 1 heterocycles. The van der Waals surface area contributed by atoms with Crippen LogP contribution in [0.5, 0.6) is 6.01 Å². The fourth-order valence-corrected chi connectivity index (χ4v) is 2.75. The Kier molecular flexibility index (Phi) is 3.79. The van der Waals surface area contributed by atoms with Gasteiger partial charge in [0.25, 0.3) is 0 Å². The number of hydrogen-bond donors (Lipinski definition) is 1. The predicted molar refractivity (Wildman–Crippen MR) is 82.5 cm³/mol. The molecule has 21 heavy (non-hydrogen) atoms. The van der Waals surface area contributed by atoms with E-state index in [1.807, 2.05) is 54.6 Å². The zero-order chi connectivity index (χ0) is 14.7. The maximum atomic E-state index is 11.5. The number of rotatable bonds is 3. The molecule has 0 aliphatic heterocycles. The SMILES string of the molecule is CNC(=O)Oc1nc2ccccc2n1Sc1ccccc1. The number of amides is 1. The van der Waals surface area contributed by atoms with Gasteiger partial charge in [-0.3, -0.25) is 0 Å². The summed E-state index contributed by atoms with van der Waals surface area (Å²) in [7, 11) is 1.51. The molecule has 1 amide bonds. The second-order valence-electron chi connectivity index (χ2n) is 4.22. The molecule has 0 spiro atoms. The highest BCUT2D eigenvalue weighted by molar-refractivity contribution is 7.98. The Labute approximate surface area is 126 Å². The van der Waals surface area contributed by atoms with Crippen molar-refractivity contribution < 1.29 is 9.53 Å². The van der Waals surface area contributed by atoms with Crippen LogP contribution in [0.15, 0.2) is 59.5 Å². The zero-order valence-electron chi connectivity index (χ0n) is 11.3. The Bertz CT molecular complexity index is 771. The van der Waals surface area contributed by atoms with E-state index in [-0.39, 0.29) is 6.01 Å². The third-order valence-corrected chi connectivity index (χ3v) is 3.84. The first-order chi connectivity index (χ1) is 10.3. The van der Waals surface area contributed by atoms with Crippen LogP contribution in [0.1, 0.15) is 0 Å². The minimum atomic E-state index is -0.541. The average Bonchev–Trinajstić information content (AvgIpc) is 2.86. The van der Waals surface area contributed by atoms with E-state index in [9.17, 15) is 4.79 Å². The van der Waals surface area contributed by atoms with E-state index in [0.29, 0.717) is 0 Å². The molecule has 106 valence electrons. The number of imidazole rings is 1. The molecule has 3 aromatic rings. The van der Waals surface area contributed by atoms with Gasteiger partial charge in [-0.05, 0) is 36.2 Å². The predicted octanol–water partition coefficient (Wildman–Crippen LogP) is 3.31. The summed E-state index contributed by atoms with van der Waals surface area (Å²) in [6, 6.07) is 17.8. The van der Waals surface area contributed by atoms with Gasteiger partial charge in [0.05, 0.1) is 11.0 Å². The number of carbonyl (C=O) groups excluding carboxylic acids is 1. The quantitative estimate of drug-likeness (QED) is 0.806.